The molecule has 3 nitrogen and oxygen atoms in total. The van der Waals surface area contributed by atoms with Gasteiger partial charge in [0.05, 0.1) is 0 Å². The number of aldehydes is 1. The van der Waals surface area contributed by atoms with Gasteiger partial charge in [0, 0.05) is 6.42 Å². The predicted octanol–water partition coefficient (Wildman–Crippen LogP) is 2.40. The summed E-state index contributed by atoms with van der Waals surface area (Å²) in [4.78, 5) is 10.2. The van der Waals surface area contributed by atoms with Crippen LogP contribution in [0.5, 0.6) is 0 Å². The standard InChI is InChI=1S/C12H24O3/c1-2-3-4-5-6-7-8-9-10-12(14,15)11-13/h11,14-15H,2-10H2,1H3. The van der Waals surface area contributed by atoms with Gasteiger partial charge < -0.3 is 10.2 Å². The van der Waals surface area contributed by atoms with Crippen molar-refractivity contribution >= 4 is 6.29 Å². The highest BCUT2D eigenvalue weighted by Gasteiger charge is 2.20. The highest BCUT2D eigenvalue weighted by atomic mass is 16.5. The Balaban J connectivity index is 3.15. The van der Waals surface area contributed by atoms with E-state index in [1.54, 1.807) is 0 Å². The van der Waals surface area contributed by atoms with Crippen molar-refractivity contribution in [3.8, 4) is 0 Å². The number of hydrogen-bond donors (Lipinski definition) is 2. The largest absolute Gasteiger partial charge is 0.360 e. The van der Waals surface area contributed by atoms with Crippen LogP contribution in [0.1, 0.15) is 64.7 Å². The van der Waals surface area contributed by atoms with Crippen LogP contribution in [0.2, 0.25) is 0 Å². The average molecular weight is 216 g/mol. The second kappa shape index (κ2) is 8.86. The number of carbonyl (C=O) groups is 1. The van der Waals surface area contributed by atoms with Crippen LogP contribution < -0.4 is 0 Å². The highest BCUT2D eigenvalue weighted by molar-refractivity contribution is 5.58. The van der Waals surface area contributed by atoms with Gasteiger partial charge in [0.15, 0.2) is 6.29 Å². The molecular formula is C12H24O3. The van der Waals surface area contributed by atoms with Crippen LogP contribution in [0.25, 0.3) is 0 Å². The summed E-state index contributed by atoms with van der Waals surface area (Å²) in [5.74, 6) is -2.10. The molecule has 3 heteroatoms. The normalized spacial score (nSPS) is 11.7. The number of carbonyl (C=O) groups excluding carboxylic acids is 1. The van der Waals surface area contributed by atoms with E-state index in [1.165, 1.54) is 32.1 Å². The van der Waals surface area contributed by atoms with Crippen LogP contribution in [0.15, 0.2) is 0 Å². The Morgan fingerprint density at radius 2 is 1.40 bits per heavy atom. The fourth-order valence-electron chi connectivity index (χ4n) is 1.58. The van der Waals surface area contributed by atoms with Gasteiger partial charge in [0.25, 0.3) is 0 Å². The van der Waals surface area contributed by atoms with E-state index in [0.717, 1.165) is 12.8 Å². The molecule has 0 aromatic rings. The lowest BCUT2D eigenvalue weighted by Gasteiger charge is -2.13. The molecule has 0 aromatic heterocycles. The maximum atomic E-state index is 10.2. The first-order valence-corrected chi connectivity index (χ1v) is 6.03. The Morgan fingerprint density at radius 3 is 1.87 bits per heavy atom. The molecule has 0 heterocycles. The molecule has 2 N–H and O–H groups in total. The summed E-state index contributed by atoms with van der Waals surface area (Å²) >= 11 is 0. The van der Waals surface area contributed by atoms with Crippen LogP contribution in [-0.4, -0.2) is 22.3 Å². The van der Waals surface area contributed by atoms with Gasteiger partial charge in [0.2, 0.25) is 5.79 Å². The fourth-order valence-corrected chi connectivity index (χ4v) is 1.58. The first-order valence-electron chi connectivity index (χ1n) is 6.03. The minimum absolute atomic E-state index is 0.158. The van der Waals surface area contributed by atoms with Crippen LogP contribution in [0, 0.1) is 0 Å². The van der Waals surface area contributed by atoms with E-state index in [-0.39, 0.29) is 12.7 Å². The maximum absolute atomic E-state index is 10.2. The Labute approximate surface area is 92.5 Å². The van der Waals surface area contributed by atoms with Crippen molar-refractivity contribution < 1.29 is 15.0 Å². The summed E-state index contributed by atoms with van der Waals surface area (Å²) < 4.78 is 0. The number of unbranched alkanes of at least 4 members (excludes halogenated alkanes) is 7. The fraction of sp³-hybridized carbons (Fsp3) is 0.917. The Hall–Kier alpha value is -0.410. The molecule has 0 unspecified atom stereocenters. The Kier molecular flexibility index (Phi) is 8.62. The first-order chi connectivity index (χ1) is 7.12. The second-order valence-corrected chi connectivity index (χ2v) is 4.22. The molecule has 0 atom stereocenters. The molecule has 0 saturated carbocycles. The summed E-state index contributed by atoms with van der Waals surface area (Å²) in [7, 11) is 0. The van der Waals surface area contributed by atoms with Crippen molar-refractivity contribution in [3.05, 3.63) is 0 Å². The third-order valence-electron chi connectivity index (χ3n) is 2.59. The molecule has 0 aliphatic carbocycles. The molecule has 0 amide bonds. The average Bonchev–Trinajstić information content (AvgIpc) is 2.22. The van der Waals surface area contributed by atoms with Crippen molar-refractivity contribution in [1.82, 2.24) is 0 Å². The SMILES string of the molecule is CCCCCCCCCCC(O)(O)C=O. The van der Waals surface area contributed by atoms with Gasteiger partial charge in [-0.1, -0.05) is 51.9 Å². The number of aliphatic hydroxyl groups is 2. The topological polar surface area (TPSA) is 57.5 Å². The van der Waals surface area contributed by atoms with E-state index in [2.05, 4.69) is 6.92 Å². The molecule has 0 radical (unpaired) electrons. The van der Waals surface area contributed by atoms with Crippen LogP contribution in [0.4, 0.5) is 0 Å². The molecule has 0 rings (SSSR count). The number of rotatable bonds is 10. The molecule has 0 aromatic carbocycles. The highest BCUT2D eigenvalue weighted by Crippen LogP contribution is 2.13. The minimum atomic E-state index is -2.10. The zero-order chi connectivity index (χ0) is 11.6. The lowest BCUT2D eigenvalue weighted by Crippen LogP contribution is -2.29. The smallest absolute Gasteiger partial charge is 0.220 e. The maximum Gasteiger partial charge on any atom is 0.220 e. The van der Waals surface area contributed by atoms with E-state index >= 15 is 0 Å². The predicted molar refractivity (Wildman–Crippen MR) is 60.5 cm³/mol. The van der Waals surface area contributed by atoms with Gasteiger partial charge in [0.1, 0.15) is 0 Å². The Morgan fingerprint density at radius 1 is 0.933 bits per heavy atom. The van der Waals surface area contributed by atoms with Crippen molar-refractivity contribution in [2.75, 3.05) is 0 Å². The van der Waals surface area contributed by atoms with Crippen LogP contribution in [0.3, 0.4) is 0 Å². The van der Waals surface area contributed by atoms with E-state index in [0.29, 0.717) is 6.42 Å². The number of hydrogen-bond acceptors (Lipinski definition) is 3. The quantitative estimate of drug-likeness (QED) is 0.335. The molecule has 0 bridgehead atoms. The van der Waals surface area contributed by atoms with Gasteiger partial charge in [-0.3, -0.25) is 4.79 Å². The zero-order valence-electron chi connectivity index (χ0n) is 9.74. The van der Waals surface area contributed by atoms with Gasteiger partial charge in [-0.2, -0.15) is 0 Å². The third kappa shape index (κ3) is 9.88. The van der Waals surface area contributed by atoms with Crippen LogP contribution in [-0.2, 0) is 4.79 Å². The summed E-state index contributed by atoms with van der Waals surface area (Å²) in [6.07, 6.45) is 9.52. The molecule has 0 fully saturated rings. The van der Waals surface area contributed by atoms with Gasteiger partial charge in [-0.25, -0.2) is 0 Å². The summed E-state index contributed by atoms with van der Waals surface area (Å²) in [6.45, 7) is 2.20. The molecule has 0 saturated heterocycles. The summed E-state index contributed by atoms with van der Waals surface area (Å²) in [5.41, 5.74) is 0. The third-order valence-corrected chi connectivity index (χ3v) is 2.59. The lowest BCUT2D eigenvalue weighted by molar-refractivity contribution is -0.171. The van der Waals surface area contributed by atoms with Crippen molar-refractivity contribution in [1.29, 1.82) is 0 Å². The molecule has 15 heavy (non-hydrogen) atoms. The molecule has 0 aliphatic rings. The van der Waals surface area contributed by atoms with E-state index < -0.39 is 5.79 Å². The van der Waals surface area contributed by atoms with E-state index in [9.17, 15) is 4.79 Å². The van der Waals surface area contributed by atoms with E-state index in [1.807, 2.05) is 0 Å². The monoisotopic (exact) mass is 216 g/mol. The Bertz CT molecular complexity index is 155. The summed E-state index contributed by atoms with van der Waals surface area (Å²) in [5, 5.41) is 18.0. The van der Waals surface area contributed by atoms with Crippen molar-refractivity contribution in [2.24, 2.45) is 0 Å². The van der Waals surface area contributed by atoms with Gasteiger partial charge in [-0.05, 0) is 6.42 Å². The van der Waals surface area contributed by atoms with Crippen LogP contribution >= 0.6 is 0 Å². The second-order valence-electron chi connectivity index (χ2n) is 4.22. The molecular weight excluding hydrogens is 192 g/mol. The first kappa shape index (κ1) is 14.6. The van der Waals surface area contributed by atoms with E-state index in [4.69, 9.17) is 10.2 Å². The minimum Gasteiger partial charge on any atom is -0.360 e. The van der Waals surface area contributed by atoms with Gasteiger partial charge >= 0.3 is 0 Å². The van der Waals surface area contributed by atoms with Crippen molar-refractivity contribution in [3.63, 3.8) is 0 Å². The van der Waals surface area contributed by atoms with Gasteiger partial charge in [-0.15, -0.1) is 0 Å². The summed E-state index contributed by atoms with van der Waals surface area (Å²) in [6, 6.07) is 0. The molecule has 0 spiro atoms. The molecule has 0 aliphatic heterocycles. The van der Waals surface area contributed by atoms with Crippen molar-refractivity contribution in [2.45, 2.75) is 70.5 Å². The lowest BCUT2D eigenvalue weighted by atomic mass is 10.0. The molecule has 90 valence electrons. The zero-order valence-corrected chi connectivity index (χ0v) is 9.74.